The van der Waals surface area contributed by atoms with Gasteiger partial charge < -0.3 is 16.0 Å². The average Bonchev–Trinajstić information content (AvgIpc) is 3.64. The van der Waals surface area contributed by atoms with Gasteiger partial charge in [-0.2, -0.15) is 0 Å². The third-order valence-corrected chi connectivity index (χ3v) is 8.36. The zero-order valence-electron chi connectivity index (χ0n) is 19.4. The molecule has 2 heterocycles. The second kappa shape index (κ2) is 6.98. The molecule has 2 aromatic rings. The summed E-state index contributed by atoms with van der Waals surface area (Å²) in [4.78, 5) is 29.2. The highest BCUT2D eigenvalue weighted by molar-refractivity contribution is 7.92. The molecule has 0 saturated heterocycles. The fourth-order valence-corrected chi connectivity index (χ4v) is 5.58. The van der Waals surface area contributed by atoms with E-state index in [4.69, 9.17) is 4.11 Å². The van der Waals surface area contributed by atoms with E-state index in [1.807, 2.05) is 5.32 Å². The van der Waals surface area contributed by atoms with Crippen LogP contribution >= 0.6 is 0 Å². The molecule has 0 aliphatic heterocycles. The Morgan fingerprint density at radius 1 is 1.26 bits per heavy atom. The smallest absolute Gasteiger partial charge is 0.273 e. The van der Waals surface area contributed by atoms with Gasteiger partial charge in [0.2, 0.25) is 5.91 Å². The molecule has 162 valence electrons. The molecule has 2 amide bonds. The summed E-state index contributed by atoms with van der Waals surface area (Å²) in [6.45, 7) is -2.78. The zero-order valence-corrected chi connectivity index (χ0v) is 17.2. The van der Waals surface area contributed by atoms with E-state index in [0.717, 1.165) is 19.3 Å². The molecule has 11 heteroatoms. The van der Waals surface area contributed by atoms with Gasteiger partial charge >= 0.3 is 0 Å². The molecule has 5 rings (SSSR count). The topological polar surface area (TPSA) is 143 Å². The standard InChI is InChI=1S/C20H22N6O4S/c1-21-19(28)16-13(9-15(25-26-16)24-18(27)12-10-20(12)6-7-20)23-17-14(3-2-8-22-17)31(29,30)11-4-5-11/h2-3,8-9,11-12H,4-7,10H2,1H3,(H,21,28)(H2,22,23,24,25,27)/i1D3. The van der Waals surface area contributed by atoms with Gasteiger partial charge in [0.05, 0.1) is 10.9 Å². The van der Waals surface area contributed by atoms with Crippen molar-refractivity contribution in [3.05, 3.63) is 30.1 Å². The van der Waals surface area contributed by atoms with Crippen LogP contribution in [0, 0.1) is 11.3 Å². The van der Waals surface area contributed by atoms with Gasteiger partial charge in [-0.3, -0.25) is 9.59 Å². The zero-order chi connectivity index (χ0) is 24.3. The van der Waals surface area contributed by atoms with Crippen molar-refractivity contribution in [3.8, 4) is 0 Å². The summed E-state index contributed by atoms with van der Waals surface area (Å²) >= 11 is 0. The number of anilines is 3. The maximum atomic E-state index is 12.9. The molecule has 1 unspecified atom stereocenters. The Balaban J connectivity index is 1.47. The first-order valence-corrected chi connectivity index (χ1v) is 11.5. The average molecular weight is 446 g/mol. The van der Waals surface area contributed by atoms with Crippen molar-refractivity contribution in [2.24, 2.45) is 11.3 Å². The molecular formula is C20H22N6O4S. The van der Waals surface area contributed by atoms with Crippen molar-refractivity contribution >= 4 is 39.0 Å². The third-order valence-electron chi connectivity index (χ3n) is 6.07. The van der Waals surface area contributed by atoms with Gasteiger partial charge in [-0.05, 0) is 49.7 Å². The van der Waals surface area contributed by atoms with Gasteiger partial charge in [0.15, 0.2) is 21.3 Å². The van der Waals surface area contributed by atoms with Gasteiger partial charge in [-0.1, -0.05) is 0 Å². The highest BCUT2D eigenvalue weighted by Gasteiger charge is 2.65. The number of rotatable bonds is 7. The highest BCUT2D eigenvalue weighted by atomic mass is 32.2. The maximum Gasteiger partial charge on any atom is 0.273 e. The van der Waals surface area contributed by atoms with Crippen LogP contribution in [0.4, 0.5) is 17.3 Å². The highest BCUT2D eigenvalue weighted by Crippen LogP contribution is 2.70. The summed E-state index contributed by atoms with van der Waals surface area (Å²) in [5.41, 5.74) is -0.312. The van der Waals surface area contributed by atoms with Gasteiger partial charge in [0.25, 0.3) is 5.91 Å². The van der Waals surface area contributed by atoms with Crippen molar-refractivity contribution < 1.29 is 22.1 Å². The Labute approximate surface area is 183 Å². The number of nitrogens with one attached hydrogen (secondary N) is 3. The number of carbonyl (C=O) groups is 2. The first-order chi connectivity index (χ1) is 16.0. The van der Waals surface area contributed by atoms with Crippen LogP contribution in [-0.4, -0.2) is 47.6 Å². The lowest BCUT2D eigenvalue weighted by Gasteiger charge is -2.14. The fourth-order valence-electron chi connectivity index (χ4n) is 3.82. The Morgan fingerprint density at radius 3 is 2.74 bits per heavy atom. The number of pyridine rings is 1. The summed E-state index contributed by atoms with van der Waals surface area (Å²) in [6, 6.07) is 4.20. The van der Waals surface area contributed by atoms with Crippen LogP contribution in [0.2, 0.25) is 0 Å². The minimum atomic E-state index is -3.64. The molecule has 0 radical (unpaired) electrons. The summed E-state index contributed by atoms with van der Waals surface area (Å²) < 4.78 is 47.6. The van der Waals surface area contributed by atoms with Crippen LogP contribution in [-0.2, 0) is 14.6 Å². The Hall–Kier alpha value is -3.08. The molecule has 10 nitrogen and oxygen atoms in total. The van der Waals surface area contributed by atoms with Crippen LogP contribution in [0.5, 0.6) is 0 Å². The fraction of sp³-hybridized carbons (Fsp3) is 0.450. The Morgan fingerprint density at radius 2 is 2.06 bits per heavy atom. The second-order valence-corrected chi connectivity index (χ2v) is 10.5. The Bertz CT molecular complexity index is 1290. The van der Waals surface area contributed by atoms with Gasteiger partial charge in [-0.25, -0.2) is 13.4 Å². The van der Waals surface area contributed by atoms with Crippen LogP contribution in [0.15, 0.2) is 29.3 Å². The quantitative estimate of drug-likeness (QED) is 0.584. The van der Waals surface area contributed by atoms with Crippen LogP contribution in [0.3, 0.4) is 0 Å². The molecule has 3 fully saturated rings. The van der Waals surface area contributed by atoms with Gasteiger partial charge in [-0.15, -0.1) is 10.2 Å². The summed E-state index contributed by atoms with van der Waals surface area (Å²) in [5, 5.41) is 14.5. The minimum Gasteiger partial charge on any atom is -0.354 e. The summed E-state index contributed by atoms with van der Waals surface area (Å²) in [5.74, 6) is -1.33. The molecule has 3 aliphatic rings. The lowest BCUT2D eigenvalue weighted by molar-refractivity contribution is -0.117. The lowest BCUT2D eigenvalue weighted by Crippen LogP contribution is -2.23. The minimum absolute atomic E-state index is 0.0401. The number of nitrogens with zero attached hydrogens (tertiary/aromatic N) is 3. The van der Waals surface area contributed by atoms with Gasteiger partial charge in [0, 0.05) is 29.3 Å². The van der Waals surface area contributed by atoms with Crippen LogP contribution in [0.1, 0.15) is 46.7 Å². The SMILES string of the molecule is [2H]C([2H])([2H])NC(=O)c1nnc(NC(=O)C2CC23CC3)cc1Nc1ncccc1S(=O)(=O)C1CC1. The number of aromatic nitrogens is 3. The molecule has 2 aromatic heterocycles. The number of hydrogen-bond donors (Lipinski definition) is 3. The first-order valence-electron chi connectivity index (χ1n) is 11.5. The number of sulfone groups is 1. The summed E-state index contributed by atoms with van der Waals surface area (Å²) in [7, 11) is -3.64. The van der Waals surface area contributed by atoms with E-state index in [1.165, 1.54) is 24.4 Å². The van der Waals surface area contributed by atoms with E-state index in [2.05, 4.69) is 25.8 Å². The van der Waals surface area contributed by atoms with Crippen molar-refractivity contribution in [1.29, 1.82) is 0 Å². The normalized spacial score (nSPS) is 22.6. The van der Waals surface area contributed by atoms with E-state index in [1.54, 1.807) is 0 Å². The molecule has 0 bridgehead atoms. The van der Waals surface area contributed by atoms with E-state index in [0.29, 0.717) is 12.8 Å². The number of hydrogen-bond acceptors (Lipinski definition) is 8. The number of carbonyl (C=O) groups excluding carboxylic acids is 2. The van der Waals surface area contributed by atoms with Crippen molar-refractivity contribution in [2.75, 3.05) is 17.6 Å². The van der Waals surface area contributed by atoms with Gasteiger partial charge in [0.1, 0.15) is 10.7 Å². The van der Waals surface area contributed by atoms with Crippen molar-refractivity contribution in [1.82, 2.24) is 20.5 Å². The van der Waals surface area contributed by atoms with Crippen LogP contribution < -0.4 is 16.0 Å². The van der Waals surface area contributed by atoms with Crippen molar-refractivity contribution in [3.63, 3.8) is 0 Å². The molecule has 3 saturated carbocycles. The molecule has 3 N–H and O–H groups in total. The third kappa shape index (κ3) is 3.62. The molecule has 1 atom stereocenters. The molecular weight excluding hydrogens is 420 g/mol. The van der Waals surface area contributed by atoms with E-state index >= 15 is 0 Å². The predicted molar refractivity (Wildman–Crippen MR) is 112 cm³/mol. The number of amides is 2. The molecule has 1 spiro atoms. The van der Waals surface area contributed by atoms with Crippen LogP contribution in [0.25, 0.3) is 0 Å². The molecule has 31 heavy (non-hydrogen) atoms. The second-order valence-electron chi connectivity index (χ2n) is 8.27. The first kappa shape index (κ1) is 16.6. The van der Waals surface area contributed by atoms with E-state index in [-0.39, 0.29) is 45.2 Å². The monoisotopic (exact) mass is 445 g/mol. The van der Waals surface area contributed by atoms with E-state index < -0.39 is 28.0 Å². The van der Waals surface area contributed by atoms with Crippen molar-refractivity contribution in [2.45, 2.75) is 42.2 Å². The molecule has 3 aliphatic carbocycles. The maximum absolute atomic E-state index is 12.9. The molecule has 0 aromatic carbocycles. The predicted octanol–water partition coefficient (Wildman–Crippen LogP) is 1.65. The summed E-state index contributed by atoms with van der Waals surface area (Å²) in [6.07, 6.45) is 5.37. The lowest BCUT2D eigenvalue weighted by atomic mass is 10.2. The largest absolute Gasteiger partial charge is 0.354 e. The Kier molecular flexibility index (Phi) is 3.73. The van der Waals surface area contributed by atoms with E-state index in [9.17, 15) is 18.0 Å².